The highest BCUT2D eigenvalue weighted by Crippen LogP contribution is 2.24. The van der Waals surface area contributed by atoms with Crippen LogP contribution in [0.15, 0.2) is 12.4 Å². The number of piperidine rings is 1. The van der Waals surface area contributed by atoms with E-state index in [4.69, 9.17) is 0 Å². The summed E-state index contributed by atoms with van der Waals surface area (Å²) < 4.78 is 44.9. The number of carbonyl (C=O) groups is 1. The van der Waals surface area contributed by atoms with Gasteiger partial charge in [0.05, 0.1) is 31.3 Å². The Kier molecular flexibility index (Phi) is 5.30. The van der Waals surface area contributed by atoms with Crippen molar-refractivity contribution in [2.24, 2.45) is 0 Å². The Labute approximate surface area is 125 Å². The molecule has 1 aliphatic rings. The summed E-state index contributed by atoms with van der Waals surface area (Å²) in [7, 11) is 1.26. The van der Waals surface area contributed by atoms with Gasteiger partial charge in [0.15, 0.2) is 5.69 Å². The molecule has 1 aromatic rings. The molecule has 0 atom stereocenters. The van der Waals surface area contributed by atoms with Crippen molar-refractivity contribution in [2.75, 3.05) is 20.2 Å². The van der Waals surface area contributed by atoms with Crippen LogP contribution >= 0.6 is 0 Å². The highest BCUT2D eigenvalue weighted by molar-refractivity contribution is 5.86. The highest BCUT2D eigenvalue weighted by atomic mass is 19.4. The Bertz CT molecular complexity index is 499. The van der Waals surface area contributed by atoms with Crippen molar-refractivity contribution in [1.29, 1.82) is 0 Å². The third kappa shape index (κ3) is 4.92. The van der Waals surface area contributed by atoms with E-state index in [1.54, 1.807) is 0 Å². The van der Waals surface area contributed by atoms with Crippen LogP contribution in [0.5, 0.6) is 0 Å². The van der Waals surface area contributed by atoms with Gasteiger partial charge in [0.25, 0.3) is 0 Å². The molecule has 0 N–H and O–H groups in total. The Morgan fingerprint density at radius 3 is 2.50 bits per heavy atom. The summed E-state index contributed by atoms with van der Waals surface area (Å²) in [6, 6.07) is 0. The lowest BCUT2D eigenvalue weighted by molar-refractivity contribution is -0.345. The molecular weight excluding hydrogens is 303 g/mol. The van der Waals surface area contributed by atoms with Gasteiger partial charge in [-0.25, -0.2) is 9.78 Å². The highest BCUT2D eigenvalue weighted by Gasteiger charge is 2.34. The molecule has 0 spiro atoms. The average Bonchev–Trinajstić information content (AvgIpc) is 2.48. The SMILES string of the molecule is COC(=O)c1cnc(CN2CCC(OC(F)(F)F)CC2)cn1. The zero-order chi connectivity index (χ0) is 16.2. The molecule has 0 bridgehead atoms. The Morgan fingerprint density at radius 2 is 2.00 bits per heavy atom. The van der Waals surface area contributed by atoms with E-state index in [1.165, 1.54) is 19.5 Å². The number of esters is 1. The Morgan fingerprint density at radius 1 is 1.32 bits per heavy atom. The second-order valence-electron chi connectivity index (χ2n) is 4.92. The molecule has 1 aromatic heterocycles. The molecular formula is C13H16F3N3O3. The molecule has 0 aromatic carbocycles. The smallest absolute Gasteiger partial charge is 0.464 e. The van der Waals surface area contributed by atoms with Crippen LogP contribution in [0.25, 0.3) is 0 Å². The molecule has 0 unspecified atom stereocenters. The molecule has 0 radical (unpaired) electrons. The van der Waals surface area contributed by atoms with E-state index >= 15 is 0 Å². The number of methoxy groups -OCH3 is 1. The summed E-state index contributed by atoms with van der Waals surface area (Å²) in [6.45, 7) is 1.44. The number of likely N-dealkylation sites (tertiary alicyclic amines) is 1. The fourth-order valence-electron chi connectivity index (χ4n) is 2.25. The lowest BCUT2D eigenvalue weighted by Crippen LogP contribution is -2.38. The molecule has 1 saturated heterocycles. The van der Waals surface area contributed by atoms with Gasteiger partial charge in [-0.05, 0) is 12.8 Å². The zero-order valence-electron chi connectivity index (χ0n) is 12.0. The maximum Gasteiger partial charge on any atom is 0.522 e. The van der Waals surface area contributed by atoms with Crippen LogP contribution in [0, 0.1) is 0 Å². The first-order valence-electron chi connectivity index (χ1n) is 6.73. The topological polar surface area (TPSA) is 64.5 Å². The van der Waals surface area contributed by atoms with Crippen LogP contribution in [0.4, 0.5) is 13.2 Å². The van der Waals surface area contributed by atoms with Crippen molar-refractivity contribution in [1.82, 2.24) is 14.9 Å². The maximum atomic E-state index is 12.1. The molecule has 122 valence electrons. The summed E-state index contributed by atoms with van der Waals surface area (Å²) in [5.74, 6) is -0.566. The van der Waals surface area contributed by atoms with Crippen LogP contribution in [-0.4, -0.2) is 53.5 Å². The quantitative estimate of drug-likeness (QED) is 0.788. The minimum Gasteiger partial charge on any atom is -0.464 e. The summed E-state index contributed by atoms with van der Waals surface area (Å²) in [4.78, 5) is 21.2. The van der Waals surface area contributed by atoms with Crippen LogP contribution in [0.1, 0.15) is 29.0 Å². The van der Waals surface area contributed by atoms with Crippen LogP contribution in [0.3, 0.4) is 0 Å². The van der Waals surface area contributed by atoms with Crippen LogP contribution < -0.4 is 0 Å². The Hall–Kier alpha value is -1.74. The Balaban J connectivity index is 1.82. The fraction of sp³-hybridized carbons (Fsp3) is 0.615. The molecule has 9 heteroatoms. The van der Waals surface area contributed by atoms with Gasteiger partial charge < -0.3 is 4.74 Å². The number of ether oxygens (including phenoxy) is 2. The van der Waals surface area contributed by atoms with Gasteiger partial charge in [0.2, 0.25) is 0 Å². The number of hydrogen-bond acceptors (Lipinski definition) is 6. The number of rotatable bonds is 4. The van der Waals surface area contributed by atoms with Gasteiger partial charge in [0.1, 0.15) is 0 Å². The number of hydrogen-bond donors (Lipinski definition) is 0. The van der Waals surface area contributed by atoms with Crippen LogP contribution in [-0.2, 0) is 16.0 Å². The molecule has 2 heterocycles. The van der Waals surface area contributed by atoms with E-state index in [0.29, 0.717) is 38.2 Å². The predicted molar refractivity (Wildman–Crippen MR) is 68.8 cm³/mol. The lowest BCUT2D eigenvalue weighted by atomic mass is 10.1. The molecule has 1 fully saturated rings. The minimum atomic E-state index is -4.58. The zero-order valence-corrected chi connectivity index (χ0v) is 12.0. The van der Waals surface area contributed by atoms with E-state index in [-0.39, 0.29) is 5.69 Å². The van der Waals surface area contributed by atoms with Crippen LogP contribution in [0.2, 0.25) is 0 Å². The van der Waals surface area contributed by atoms with Crippen molar-refractivity contribution in [2.45, 2.75) is 31.9 Å². The number of aromatic nitrogens is 2. The van der Waals surface area contributed by atoms with Gasteiger partial charge in [-0.3, -0.25) is 14.6 Å². The molecule has 6 nitrogen and oxygen atoms in total. The summed E-state index contributed by atoms with van der Waals surface area (Å²) in [5.41, 5.74) is 0.756. The summed E-state index contributed by atoms with van der Waals surface area (Å²) in [6.07, 6.45) is -1.96. The van der Waals surface area contributed by atoms with Gasteiger partial charge in [-0.15, -0.1) is 13.2 Å². The normalized spacial score (nSPS) is 17.5. The third-order valence-corrected chi connectivity index (χ3v) is 3.32. The summed E-state index contributed by atoms with van der Waals surface area (Å²) in [5, 5.41) is 0. The van der Waals surface area contributed by atoms with E-state index < -0.39 is 18.4 Å². The number of carbonyl (C=O) groups excluding carboxylic acids is 1. The van der Waals surface area contributed by atoms with E-state index in [1.807, 2.05) is 4.90 Å². The first-order valence-corrected chi connectivity index (χ1v) is 6.73. The second kappa shape index (κ2) is 7.01. The van der Waals surface area contributed by atoms with Gasteiger partial charge >= 0.3 is 12.3 Å². The average molecular weight is 319 g/mol. The maximum absolute atomic E-state index is 12.1. The molecule has 0 aliphatic carbocycles. The second-order valence-corrected chi connectivity index (χ2v) is 4.92. The number of alkyl halides is 3. The number of nitrogens with zero attached hydrogens (tertiary/aromatic N) is 3. The standard InChI is InChI=1S/C13H16F3N3O3/c1-21-12(20)11-7-17-9(6-18-11)8-19-4-2-10(3-5-19)22-13(14,15)16/h6-7,10H,2-5,8H2,1H3. The predicted octanol–water partition coefficient (Wildman–Crippen LogP) is 1.76. The van der Waals surface area contributed by atoms with Crippen molar-refractivity contribution in [3.05, 3.63) is 23.8 Å². The monoisotopic (exact) mass is 319 g/mol. The molecule has 0 saturated carbocycles. The van der Waals surface area contributed by atoms with Crippen molar-refractivity contribution in [3.8, 4) is 0 Å². The molecule has 2 rings (SSSR count). The molecule has 22 heavy (non-hydrogen) atoms. The van der Waals surface area contributed by atoms with E-state index in [0.717, 1.165) is 0 Å². The minimum absolute atomic E-state index is 0.114. The van der Waals surface area contributed by atoms with Gasteiger partial charge in [0, 0.05) is 19.6 Å². The molecule has 0 amide bonds. The largest absolute Gasteiger partial charge is 0.522 e. The molecule has 1 aliphatic heterocycles. The van der Waals surface area contributed by atoms with Gasteiger partial charge in [-0.1, -0.05) is 0 Å². The van der Waals surface area contributed by atoms with Crippen molar-refractivity contribution in [3.63, 3.8) is 0 Å². The first kappa shape index (κ1) is 16.6. The van der Waals surface area contributed by atoms with Gasteiger partial charge in [-0.2, -0.15) is 0 Å². The summed E-state index contributed by atoms with van der Waals surface area (Å²) >= 11 is 0. The third-order valence-electron chi connectivity index (χ3n) is 3.32. The lowest BCUT2D eigenvalue weighted by Gasteiger charge is -2.31. The fourth-order valence-corrected chi connectivity index (χ4v) is 2.25. The van der Waals surface area contributed by atoms with E-state index in [2.05, 4.69) is 19.4 Å². The van der Waals surface area contributed by atoms with Crippen molar-refractivity contribution >= 4 is 5.97 Å². The first-order chi connectivity index (χ1) is 10.4. The number of halogens is 3. The van der Waals surface area contributed by atoms with E-state index in [9.17, 15) is 18.0 Å². The van der Waals surface area contributed by atoms with Crippen molar-refractivity contribution < 1.29 is 27.4 Å².